The second-order valence-electron chi connectivity index (χ2n) is 7.16. The van der Waals surface area contributed by atoms with Crippen LogP contribution in [-0.4, -0.2) is 24.0 Å². The maximum absolute atomic E-state index is 11.9. The normalized spacial score (nSPS) is 32.9. The summed E-state index contributed by atoms with van der Waals surface area (Å²) < 4.78 is 0. The molecule has 0 spiro atoms. The first kappa shape index (κ1) is 13.9. The Morgan fingerprint density at radius 3 is 2.50 bits per heavy atom. The van der Waals surface area contributed by atoms with Gasteiger partial charge in [0, 0.05) is 12.1 Å². The number of hydrogen-bond acceptors (Lipinski definition) is 2. The highest BCUT2D eigenvalue weighted by Crippen LogP contribution is 2.38. The molecule has 3 heteroatoms. The lowest BCUT2D eigenvalue weighted by Gasteiger charge is -2.40. The van der Waals surface area contributed by atoms with Gasteiger partial charge in [0.05, 0.1) is 6.04 Å². The van der Waals surface area contributed by atoms with Crippen molar-refractivity contribution in [3.8, 4) is 0 Å². The molecule has 0 heterocycles. The highest BCUT2D eigenvalue weighted by molar-refractivity contribution is 5.81. The fourth-order valence-electron chi connectivity index (χ4n) is 3.14. The summed E-state index contributed by atoms with van der Waals surface area (Å²) in [6.07, 6.45) is 6.02. The van der Waals surface area contributed by atoms with E-state index in [1.165, 1.54) is 19.3 Å². The average molecular weight is 252 g/mol. The summed E-state index contributed by atoms with van der Waals surface area (Å²) in [6, 6.07) is 0.904. The van der Waals surface area contributed by atoms with Crippen LogP contribution in [0.1, 0.15) is 59.8 Å². The van der Waals surface area contributed by atoms with E-state index in [0.717, 1.165) is 12.8 Å². The van der Waals surface area contributed by atoms with Crippen molar-refractivity contribution < 1.29 is 4.79 Å². The summed E-state index contributed by atoms with van der Waals surface area (Å²) >= 11 is 0. The average Bonchev–Trinajstić information content (AvgIpc) is 3.05. The Bertz CT molecular complexity index is 310. The zero-order valence-electron chi connectivity index (χ0n) is 12.3. The standard InChI is InChI=1S/C15H28N2O/c1-10-9-15(3,4)8-7-13(10)16-11(2)14(18)17-12-5-6-12/h10-13,16H,5-9H2,1-4H3,(H,17,18). The van der Waals surface area contributed by atoms with Gasteiger partial charge in [-0.2, -0.15) is 0 Å². The SMILES string of the molecule is CC(NC1CCC(C)(C)CC1C)C(=O)NC1CC1. The second kappa shape index (κ2) is 5.20. The number of nitrogens with one attached hydrogen (secondary N) is 2. The molecule has 1 amide bonds. The van der Waals surface area contributed by atoms with Crippen molar-refractivity contribution in [2.24, 2.45) is 11.3 Å². The van der Waals surface area contributed by atoms with Crippen LogP contribution in [0, 0.1) is 11.3 Å². The van der Waals surface area contributed by atoms with E-state index in [1.807, 2.05) is 6.92 Å². The quantitative estimate of drug-likeness (QED) is 0.807. The molecular formula is C15H28N2O. The van der Waals surface area contributed by atoms with Crippen molar-refractivity contribution >= 4 is 5.91 Å². The van der Waals surface area contributed by atoms with Crippen LogP contribution in [0.3, 0.4) is 0 Å². The summed E-state index contributed by atoms with van der Waals surface area (Å²) in [4.78, 5) is 11.9. The zero-order chi connectivity index (χ0) is 13.3. The first-order valence-corrected chi connectivity index (χ1v) is 7.44. The van der Waals surface area contributed by atoms with Crippen LogP contribution in [-0.2, 0) is 4.79 Å². The smallest absolute Gasteiger partial charge is 0.237 e. The fraction of sp³-hybridized carbons (Fsp3) is 0.933. The van der Waals surface area contributed by atoms with Gasteiger partial charge in [0.2, 0.25) is 5.91 Å². The van der Waals surface area contributed by atoms with Crippen LogP contribution >= 0.6 is 0 Å². The molecule has 18 heavy (non-hydrogen) atoms. The van der Waals surface area contributed by atoms with Gasteiger partial charge in [0.15, 0.2) is 0 Å². The van der Waals surface area contributed by atoms with E-state index >= 15 is 0 Å². The molecule has 3 atom stereocenters. The lowest BCUT2D eigenvalue weighted by molar-refractivity contribution is -0.123. The molecule has 2 fully saturated rings. The number of amides is 1. The first-order chi connectivity index (χ1) is 8.37. The van der Waals surface area contributed by atoms with Gasteiger partial charge in [-0.15, -0.1) is 0 Å². The van der Waals surface area contributed by atoms with E-state index in [-0.39, 0.29) is 11.9 Å². The molecule has 2 N–H and O–H groups in total. The lowest BCUT2D eigenvalue weighted by Crippen LogP contribution is -2.51. The Kier molecular flexibility index (Phi) is 4.00. The molecule has 0 saturated heterocycles. The molecule has 0 aromatic carbocycles. The molecule has 0 bridgehead atoms. The number of carbonyl (C=O) groups is 1. The van der Waals surface area contributed by atoms with Crippen LogP contribution in [0.4, 0.5) is 0 Å². The van der Waals surface area contributed by atoms with Crippen LogP contribution in [0.15, 0.2) is 0 Å². The van der Waals surface area contributed by atoms with Gasteiger partial charge >= 0.3 is 0 Å². The Balaban J connectivity index is 1.79. The number of rotatable bonds is 4. The third kappa shape index (κ3) is 3.71. The van der Waals surface area contributed by atoms with Gasteiger partial charge in [-0.25, -0.2) is 0 Å². The van der Waals surface area contributed by atoms with Gasteiger partial charge < -0.3 is 10.6 Å². The third-order valence-corrected chi connectivity index (χ3v) is 4.47. The molecule has 2 rings (SSSR count). The Labute approximate surface area is 111 Å². The van der Waals surface area contributed by atoms with E-state index < -0.39 is 0 Å². The fourth-order valence-corrected chi connectivity index (χ4v) is 3.14. The minimum Gasteiger partial charge on any atom is -0.352 e. The summed E-state index contributed by atoms with van der Waals surface area (Å²) in [7, 11) is 0. The molecule has 0 radical (unpaired) electrons. The molecular weight excluding hydrogens is 224 g/mol. The van der Waals surface area contributed by atoms with Gasteiger partial charge in [0.25, 0.3) is 0 Å². The van der Waals surface area contributed by atoms with Crippen LogP contribution in [0.25, 0.3) is 0 Å². The predicted octanol–water partition coefficient (Wildman–Crippen LogP) is 2.46. The van der Waals surface area contributed by atoms with Crippen molar-refractivity contribution in [3.05, 3.63) is 0 Å². The van der Waals surface area contributed by atoms with Crippen LogP contribution in [0.5, 0.6) is 0 Å². The van der Waals surface area contributed by atoms with E-state index in [9.17, 15) is 4.79 Å². The summed E-state index contributed by atoms with van der Waals surface area (Å²) in [5, 5.41) is 6.60. The molecule has 3 unspecified atom stereocenters. The summed E-state index contributed by atoms with van der Waals surface area (Å²) in [6.45, 7) is 9.00. The summed E-state index contributed by atoms with van der Waals surface area (Å²) in [5.74, 6) is 0.833. The maximum atomic E-state index is 11.9. The highest BCUT2D eigenvalue weighted by Gasteiger charge is 2.34. The molecule has 2 aliphatic carbocycles. The Hall–Kier alpha value is -0.570. The van der Waals surface area contributed by atoms with Crippen LogP contribution < -0.4 is 10.6 Å². The topological polar surface area (TPSA) is 41.1 Å². The molecule has 0 aliphatic heterocycles. The van der Waals surface area contributed by atoms with Crippen molar-refractivity contribution in [3.63, 3.8) is 0 Å². The highest BCUT2D eigenvalue weighted by atomic mass is 16.2. The predicted molar refractivity (Wildman–Crippen MR) is 74.3 cm³/mol. The molecule has 2 aliphatic rings. The van der Waals surface area contributed by atoms with Crippen LogP contribution in [0.2, 0.25) is 0 Å². The lowest BCUT2D eigenvalue weighted by atomic mass is 9.70. The first-order valence-electron chi connectivity index (χ1n) is 7.44. The monoisotopic (exact) mass is 252 g/mol. The van der Waals surface area contributed by atoms with Gasteiger partial charge in [-0.3, -0.25) is 4.79 Å². The maximum Gasteiger partial charge on any atom is 0.237 e. The second-order valence-corrected chi connectivity index (χ2v) is 7.16. The molecule has 0 aromatic heterocycles. The number of carbonyl (C=O) groups excluding carboxylic acids is 1. The van der Waals surface area contributed by atoms with Crippen molar-refractivity contribution in [2.75, 3.05) is 0 Å². The van der Waals surface area contributed by atoms with Crippen molar-refractivity contribution in [1.29, 1.82) is 0 Å². The van der Waals surface area contributed by atoms with Crippen molar-refractivity contribution in [2.45, 2.75) is 77.9 Å². The minimum absolute atomic E-state index is 0.0562. The molecule has 0 aromatic rings. The molecule has 3 nitrogen and oxygen atoms in total. The third-order valence-electron chi connectivity index (χ3n) is 4.47. The molecule has 2 saturated carbocycles. The van der Waals surface area contributed by atoms with E-state index in [4.69, 9.17) is 0 Å². The Morgan fingerprint density at radius 1 is 1.28 bits per heavy atom. The van der Waals surface area contributed by atoms with E-state index in [0.29, 0.717) is 23.4 Å². The van der Waals surface area contributed by atoms with Gasteiger partial charge in [0.1, 0.15) is 0 Å². The largest absolute Gasteiger partial charge is 0.352 e. The van der Waals surface area contributed by atoms with Crippen molar-refractivity contribution in [1.82, 2.24) is 10.6 Å². The van der Waals surface area contributed by atoms with Gasteiger partial charge in [-0.1, -0.05) is 20.8 Å². The van der Waals surface area contributed by atoms with Gasteiger partial charge in [-0.05, 0) is 50.4 Å². The summed E-state index contributed by atoms with van der Waals surface area (Å²) in [5.41, 5.74) is 0.469. The zero-order valence-corrected chi connectivity index (χ0v) is 12.3. The Morgan fingerprint density at radius 2 is 1.94 bits per heavy atom. The molecule has 104 valence electrons. The van der Waals surface area contributed by atoms with E-state index in [2.05, 4.69) is 31.4 Å². The number of hydrogen-bond donors (Lipinski definition) is 2. The minimum atomic E-state index is -0.0562. The van der Waals surface area contributed by atoms with E-state index in [1.54, 1.807) is 0 Å².